The molecule has 1 atom stereocenters. The van der Waals surface area contributed by atoms with Crippen LogP contribution in [0.4, 0.5) is 5.69 Å². The third-order valence-corrected chi connectivity index (χ3v) is 5.26. The average Bonchev–Trinajstić information content (AvgIpc) is 2.66. The van der Waals surface area contributed by atoms with Crippen LogP contribution >= 0.6 is 0 Å². The summed E-state index contributed by atoms with van der Waals surface area (Å²) in [5.74, 6) is 0. The molecule has 25 heavy (non-hydrogen) atoms. The number of para-hydroxylation sites is 1. The maximum Gasteiger partial charge on any atom is 0.0623 e. The van der Waals surface area contributed by atoms with E-state index in [4.69, 9.17) is 5.73 Å². The van der Waals surface area contributed by atoms with Crippen LogP contribution in [0.3, 0.4) is 0 Å². The largest absolute Gasteiger partial charge is 0.398 e. The molecule has 2 N–H and O–H groups in total. The number of nitrogens with zero attached hydrogens (tertiary/aromatic N) is 2. The highest BCUT2D eigenvalue weighted by molar-refractivity contribution is 5.51. The molecule has 3 heteroatoms. The highest BCUT2D eigenvalue weighted by atomic mass is 15.3. The van der Waals surface area contributed by atoms with Crippen molar-refractivity contribution in [3.05, 3.63) is 65.7 Å². The maximum atomic E-state index is 6.34. The highest BCUT2D eigenvalue weighted by Crippen LogP contribution is 2.32. The van der Waals surface area contributed by atoms with Gasteiger partial charge in [0, 0.05) is 31.9 Å². The van der Waals surface area contributed by atoms with Gasteiger partial charge in [0.05, 0.1) is 6.04 Å². The lowest BCUT2D eigenvalue weighted by atomic mass is 9.95. The second kappa shape index (κ2) is 9.02. The predicted octanol–water partition coefficient (Wildman–Crippen LogP) is 4.17. The van der Waals surface area contributed by atoms with E-state index in [0.29, 0.717) is 0 Å². The van der Waals surface area contributed by atoms with Crippen molar-refractivity contribution in [3.8, 4) is 0 Å². The van der Waals surface area contributed by atoms with Crippen molar-refractivity contribution in [1.82, 2.24) is 9.80 Å². The van der Waals surface area contributed by atoms with E-state index in [9.17, 15) is 0 Å². The van der Waals surface area contributed by atoms with Crippen LogP contribution in [0.25, 0.3) is 0 Å². The molecule has 0 spiro atoms. The molecule has 1 fully saturated rings. The molecule has 134 valence electrons. The first kappa shape index (κ1) is 18.0. The second-order valence-corrected chi connectivity index (χ2v) is 7.03. The van der Waals surface area contributed by atoms with Crippen LogP contribution < -0.4 is 5.73 Å². The van der Waals surface area contributed by atoms with Gasteiger partial charge in [0.15, 0.2) is 0 Å². The molecule has 0 amide bonds. The van der Waals surface area contributed by atoms with Crippen molar-refractivity contribution in [1.29, 1.82) is 0 Å². The second-order valence-electron chi connectivity index (χ2n) is 7.03. The van der Waals surface area contributed by atoms with Crippen molar-refractivity contribution >= 4 is 5.69 Å². The highest BCUT2D eigenvalue weighted by Gasteiger charge is 2.27. The van der Waals surface area contributed by atoms with Crippen LogP contribution in [0.5, 0.6) is 0 Å². The van der Waals surface area contributed by atoms with Gasteiger partial charge in [-0.1, -0.05) is 68.3 Å². The van der Waals surface area contributed by atoms with Gasteiger partial charge in [-0.15, -0.1) is 0 Å². The van der Waals surface area contributed by atoms with Crippen LogP contribution in [0, 0.1) is 0 Å². The van der Waals surface area contributed by atoms with E-state index in [0.717, 1.165) is 31.9 Å². The number of unbranched alkanes of at least 4 members (excludes halogenated alkanes) is 2. The molecule has 1 aliphatic rings. The Balaban J connectivity index is 1.75. The van der Waals surface area contributed by atoms with E-state index in [1.807, 2.05) is 12.1 Å². The zero-order valence-corrected chi connectivity index (χ0v) is 15.4. The fraction of sp³-hybridized carbons (Fsp3) is 0.455. The molecule has 0 bridgehead atoms. The van der Waals surface area contributed by atoms with Gasteiger partial charge in [-0.3, -0.25) is 4.90 Å². The van der Waals surface area contributed by atoms with Gasteiger partial charge in [-0.2, -0.15) is 0 Å². The van der Waals surface area contributed by atoms with Gasteiger partial charge < -0.3 is 10.6 Å². The van der Waals surface area contributed by atoms with Crippen LogP contribution in [0.1, 0.15) is 43.4 Å². The van der Waals surface area contributed by atoms with Gasteiger partial charge in [0.2, 0.25) is 0 Å². The molecular weight excluding hydrogens is 306 g/mol. The maximum absolute atomic E-state index is 6.34. The lowest BCUT2D eigenvalue weighted by molar-refractivity contribution is 0.108. The average molecular weight is 338 g/mol. The van der Waals surface area contributed by atoms with E-state index < -0.39 is 0 Å². The SMILES string of the molecule is CCCCCN1CCN(C(c2ccccc2)c2ccccc2N)CC1. The quantitative estimate of drug-likeness (QED) is 0.608. The first-order valence-corrected chi connectivity index (χ1v) is 9.65. The smallest absolute Gasteiger partial charge is 0.0623 e. The fourth-order valence-corrected chi connectivity index (χ4v) is 3.81. The minimum atomic E-state index is 0.250. The first-order valence-electron chi connectivity index (χ1n) is 9.65. The van der Waals surface area contributed by atoms with Crippen molar-refractivity contribution < 1.29 is 0 Å². The minimum Gasteiger partial charge on any atom is -0.398 e. The zero-order chi connectivity index (χ0) is 17.5. The Morgan fingerprint density at radius 3 is 2.24 bits per heavy atom. The fourth-order valence-electron chi connectivity index (χ4n) is 3.81. The molecule has 2 aromatic carbocycles. The monoisotopic (exact) mass is 337 g/mol. The summed E-state index contributed by atoms with van der Waals surface area (Å²) in [5.41, 5.74) is 9.79. The van der Waals surface area contributed by atoms with Gasteiger partial charge in [-0.05, 0) is 30.2 Å². The van der Waals surface area contributed by atoms with E-state index >= 15 is 0 Å². The first-order chi connectivity index (χ1) is 12.3. The third-order valence-electron chi connectivity index (χ3n) is 5.26. The summed E-state index contributed by atoms with van der Waals surface area (Å²) in [5, 5.41) is 0. The molecule has 0 aromatic heterocycles. The van der Waals surface area contributed by atoms with Gasteiger partial charge >= 0.3 is 0 Å². The number of hydrogen-bond acceptors (Lipinski definition) is 3. The standard InChI is InChI=1S/C22H31N3/c1-2-3-9-14-24-15-17-25(18-16-24)22(19-10-5-4-6-11-19)20-12-7-8-13-21(20)23/h4-8,10-13,22H,2-3,9,14-18,23H2,1H3. The Bertz CT molecular complexity index is 633. The Labute approximate surface area is 152 Å². The topological polar surface area (TPSA) is 32.5 Å². The molecular formula is C22H31N3. The minimum absolute atomic E-state index is 0.250. The summed E-state index contributed by atoms with van der Waals surface area (Å²) in [7, 11) is 0. The van der Waals surface area contributed by atoms with Gasteiger partial charge in [-0.25, -0.2) is 0 Å². The predicted molar refractivity (Wildman–Crippen MR) is 107 cm³/mol. The summed E-state index contributed by atoms with van der Waals surface area (Å²) in [6.07, 6.45) is 3.96. The molecule has 1 saturated heterocycles. The van der Waals surface area contributed by atoms with E-state index in [1.165, 1.54) is 36.9 Å². The van der Waals surface area contributed by atoms with Crippen LogP contribution in [-0.4, -0.2) is 42.5 Å². The number of nitrogens with two attached hydrogens (primary N) is 1. The van der Waals surface area contributed by atoms with Gasteiger partial charge in [0.25, 0.3) is 0 Å². The van der Waals surface area contributed by atoms with Crippen molar-refractivity contribution in [3.63, 3.8) is 0 Å². The van der Waals surface area contributed by atoms with E-state index in [2.05, 4.69) is 59.2 Å². The number of rotatable bonds is 7. The lowest BCUT2D eigenvalue weighted by Gasteiger charge is -2.40. The molecule has 2 aromatic rings. The molecule has 0 radical (unpaired) electrons. The Kier molecular flexibility index (Phi) is 6.48. The van der Waals surface area contributed by atoms with Crippen molar-refractivity contribution in [2.75, 3.05) is 38.5 Å². The van der Waals surface area contributed by atoms with Crippen LogP contribution in [0.2, 0.25) is 0 Å². The third kappa shape index (κ3) is 4.62. The van der Waals surface area contributed by atoms with E-state index in [1.54, 1.807) is 0 Å². The van der Waals surface area contributed by atoms with Crippen LogP contribution in [0.15, 0.2) is 54.6 Å². The number of hydrogen-bond donors (Lipinski definition) is 1. The Hall–Kier alpha value is -1.84. The number of piperazine rings is 1. The Morgan fingerprint density at radius 1 is 0.880 bits per heavy atom. The lowest BCUT2D eigenvalue weighted by Crippen LogP contribution is -2.48. The molecule has 1 aliphatic heterocycles. The molecule has 3 nitrogen and oxygen atoms in total. The summed E-state index contributed by atoms with van der Waals surface area (Å²) >= 11 is 0. The van der Waals surface area contributed by atoms with E-state index in [-0.39, 0.29) is 6.04 Å². The number of nitrogen functional groups attached to an aromatic ring is 1. The summed E-state index contributed by atoms with van der Waals surface area (Å²) < 4.78 is 0. The van der Waals surface area contributed by atoms with Crippen molar-refractivity contribution in [2.45, 2.75) is 32.2 Å². The van der Waals surface area contributed by atoms with Crippen molar-refractivity contribution in [2.24, 2.45) is 0 Å². The molecule has 1 unspecified atom stereocenters. The molecule has 3 rings (SSSR count). The number of anilines is 1. The summed E-state index contributed by atoms with van der Waals surface area (Å²) in [6, 6.07) is 19.4. The summed E-state index contributed by atoms with van der Waals surface area (Å²) in [4.78, 5) is 5.21. The Morgan fingerprint density at radius 2 is 1.56 bits per heavy atom. The summed E-state index contributed by atoms with van der Waals surface area (Å²) in [6.45, 7) is 8.01. The molecule has 1 heterocycles. The van der Waals surface area contributed by atoms with Crippen LogP contribution in [-0.2, 0) is 0 Å². The number of benzene rings is 2. The molecule has 0 saturated carbocycles. The normalized spacial score (nSPS) is 17.5. The zero-order valence-electron chi connectivity index (χ0n) is 15.4. The molecule has 0 aliphatic carbocycles. The van der Waals surface area contributed by atoms with Gasteiger partial charge in [0.1, 0.15) is 0 Å².